The molecule has 0 saturated heterocycles. The molecule has 26 heavy (non-hydrogen) atoms. The number of aliphatic hydroxyl groups is 1. The van der Waals surface area contributed by atoms with E-state index >= 15 is 0 Å². The van der Waals surface area contributed by atoms with Crippen LogP contribution in [0.25, 0.3) is 10.9 Å². The van der Waals surface area contributed by atoms with Crippen LogP contribution in [-0.4, -0.2) is 28.1 Å². The third-order valence-corrected chi connectivity index (χ3v) is 5.74. The predicted molar refractivity (Wildman–Crippen MR) is 100 cm³/mol. The first-order valence-electron chi connectivity index (χ1n) is 9.04. The van der Waals surface area contributed by atoms with Crippen molar-refractivity contribution >= 4 is 16.8 Å². The number of nitrogens with one attached hydrogen (secondary N) is 3. The summed E-state index contributed by atoms with van der Waals surface area (Å²) in [4.78, 5) is 16.3. The lowest BCUT2D eigenvalue weighted by Crippen LogP contribution is -2.50. The van der Waals surface area contributed by atoms with Gasteiger partial charge in [0.25, 0.3) is 5.91 Å². The van der Waals surface area contributed by atoms with Crippen molar-refractivity contribution in [2.24, 2.45) is 5.92 Å². The molecule has 0 spiro atoms. The number of carbonyl (C=O) groups excluding carboxylic acids is 1. The summed E-state index contributed by atoms with van der Waals surface area (Å²) >= 11 is 0. The third kappa shape index (κ3) is 1.98. The second-order valence-electron chi connectivity index (χ2n) is 7.40. The van der Waals surface area contributed by atoms with Crippen LogP contribution < -0.4 is 10.6 Å². The van der Waals surface area contributed by atoms with E-state index in [0.29, 0.717) is 11.3 Å². The van der Waals surface area contributed by atoms with Crippen LogP contribution >= 0.6 is 0 Å². The smallest absolute Gasteiger partial charge is 0.263 e. The number of aromatic nitrogens is 1. The van der Waals surface area contributed by atoms with E-state index in [9.17, 15) is 9.90 Å². The third-order valence-electron chi connectivity index (χ3n) is 5.74. The normalized spacial score (nSPS) is 32.8. The van der Waals surface area contributed by atoms with Crippen molar-refractivity contribution < 1.29 is 9.90 Å². The summed E-state index contributed by atoms with van der Waals surface area (Å²) in [5.74, 6) is -0.208. The van der Waals surface area contributed by atoms with Gasteiger partial charge in [-0.3, -0.25) is 4.79 Å². The van der Waals surface area contributed by atoms with Crippen LogP contribution in [0.4, 0.5) is 0 Å². The van der Waals surface area contributed by atoms with E-state index < -0.39 is 5.60 Å². The van der Waals surface area contributed by atoms with E-state index in [4.69, 9.17) is 0 Å². The van der Waals surface area contributed by atoms with Crippen LogP contribution in [-0.2, 0) is 10.4 Å². The molecule has 2 aromatic rings. The molecule has 5 rings (SSSR count). The minimum Gasteiger partial charge on any atom is -0.378 e. The summed E-state index contributed by atoms with van der Waals surface area (Å²) in [5.41, 5.74) is 1.49. The van der Waals surface area contributed by atoms with Gasteiger partial charge < -0.3 is 20.7 Å². The number of hydrogen-bond donors (Lipinski definition) is 4. The zero-order chi connectivity index (χ0) is 17.9. The summed E-state index contributed by atoms with van der Waals surface area (Å²) in [6.07, 6.45) is 10.8. The molecule has 1 aliphatic carbocycles. The van der Waals surface area contributed by atoms with Crippen molar-refractivity contribution in [1.29, 1.82) is 0 Å². The molecule has 0 bridgehead atoms. The number of hydrogen-bond acceptors (Lipinski definition) is 3. The van der Waals surface area contributed by atoms with E-state index in [2.05, 4.69) is 27.8 Å². The van der Waals surface area contributed by atoms with Crippen molar-refractivity contribution in [2.75, 3.05) is 0 Å². The van der Waals surface area contributed by atoms with Gasteiger partial charge in [-0.15, -0.1) is 0 Å². The largest absolute Gasteiger partial charge is 0.378 e. The van der Waals surface area contributed by atoms with E-state index in [0.717, 1.165) is 22.9 Å². The molecule has 3 heterocycles. The van der Waals surface area contributed by atoms with Crippen LogP contribution in [0.3, 0.4) is 0 Å². The Morgan fingerprint density at radius 3 is 2.85 bits per heavy atom. The van der Waals surface area contributed by atoms with Crippen molar-refractivity contribution in [3.63, 3.8) is 0 Å². The van der Waals surface area contributed by atoms with Crippen molar-refractivity contribution in [2.45, 2.75) is 31.0 Å². The molecule has 5 nitrogen and oxygen atoms in total. The molecule has 0 radical (unpaired) electrons. The van der Waals surface area contributed by atoms with Crippen LogP contribution in [0.2, 0.25) is 0 Å². The highest BCUT2D eigenvalue weighted by atomic mass is 16.3. The molecule has 1 aromatic carbocycles. The Labute approximate surface area is 151 Å². The SMILES string of the molecule is C[C@@H]1CC2=C(NC3C=CC=CC23)[C@@](O)(c2c[nH]c3ccccc23)C(=O)N1. The van der Waals surface area contributed by atoms with Crippen molar-refractivity contribution in [3.05, 3.63) is 71.6 Å². The molecule has 3 aliphatic rings. The maximum Gasteiger partial charge on any atom is 0.263 e. The lowest BCUT2D eigenvalue weighted by Gasteiger charge is -2.29. The van der Waals surface area contributed by atoms with Gasteiger partial charge >= 0.3 is 0 Å². The van der Waals surface area contributed by atoms with Gasteiger partial charge in [-0.05, 0) is 25.0 Å². The second-order valence-corrected chi connectivity index (χ2v) is 7.40. The molecule has 132 valence electrons. The summed E-state index contributed by atoms with van der Waals surface area (Å²) < 4.78 is 0. The highest BCUT2D eigenvalue weighted by molar-refractivity contribution is 5.97. The van der Waals surface area contributed by atoms with Gasteiger partial charge in [0, 0.05) is 34.6 Å². The standard InChI is InChI=1S/C21H21N3O2/c1-12-10-15-13-6-2-5-9-18(13)24-19(15)21(26,20(25)23-12)16-11-22-17-8-4-3-7-14(16)17/h2-9,11-13,18,22,24,26H,10H2,1H3,(H,23,25)/t12-,13?,18?,21+/m1/s1. The van der Waals surface area contributed by atoms with Gasteiger partial charge in [0.15, 0.2) is 0 Å². The van der Waals surface area contributed by atoms with Crippen LogP contribution in [0.5, 0.6) is 0 Å². The highest BCUT2D eigenvalue weighted by Crippen LogP contribution is 2.44. The fourth-order valence-corrected chi connectivity index (χ4v) is 4.53. The van der Waals surface area contributed by atoms with E-state index in [1.807, 2.05) is 43.3 Å². The van der Waals surface area contributed by atoms with Gasteiger partial charge in [0.05, 0.1) is 11.7 Å². The number of para-hydroxylation sites is 1. The van der Waals surface area contributed by atoms with E-state index in [1.165, 1.54) is 0 Å². The Morgan fingerprint density at radius 1 is 1.15 bits per heavy atom. The molecule has 4 N–H and O–H groups in total. The quantitative estimate of drug-likeness (QED) is 0.639. The van der Waals surface area contributed by atoms with Gasteiger partial charge in [0.1, 0.15) is 0 Å². The summed E-state index contributed by atoms with van der Waals surface area (Å²) in [6, 6.07) is 7.78. The number of allylic oxidation sites excluding steroid dienone is 2. The molecular formula is C21H21N3O2. The van der Waals surface area contributed by atoms with Crippen molar-refractivity contribution in [1.82, 2.24) is 15.6 Å². The zero-order valence-corrected chi connectivity index (χ0v) is 14.5. The monoisotopic (exact) mass is 347 g/mol. The van der Waals surface area contributed by atoms with Crippen LogP contribution in [0.1, 0.15) is 18.9 Å². The zero-order valence-electron chi connectivity index (χ0n) is 14.5. The number of benzene rings is 1. The first-order chi connectivity index (χ1) is 12.6. The van der Waals surface area contributed by atoms with E-state index in [1.54, 1.807) is 6.20 Å². The molecule has 4 atom stereocenters. The van der Waals surface area contributed by atoms with Gasteiger partial charge in [-0.1, -0.05) is 42.5 Å². The molecule has 2 aliphatic heterocycles. The number of aromatic amines is 1. The van der Waals surface area contributed by atoms with Gasteiger partial charge in [-0.2, -0.15) is 0 Å². The summed E-state index contributed by atoms with van der Waals surface area (Å²) in [5, 5.41) is 19.1. The minimum atomic E-state index is -1.74. The van der Waals surface area contributed by atoms with E-state index in [-0.39, 0.29) is 23.9 Å². The molecule has 2 unspecified atom stereocenters. The molecule has 5 heteroatoms. The fraction of sp³-hybridized carbons (Fsp3) is 0.286. The first-order valence-corrected chi connectivity index (χ1v) is 9.04. The molecule has 1 amide bonds. The second kappa shape index (κ2) is 5.35. The van der Waals surface area contributed by atoms with Crippen LogP contribution in [0, 0.1) is 5.92 Å². The van der Waals surface area contributed by atoms with Crippen LogP contribution in [0.15, 0.2) is 66.0 Å². The lowest BCUT2D eigenvalue weighted by molar-refractivity contribution is -0.137. The Hall–Kier alpha value is -2.79. The Balaban J connectivity index is 1.75. The fourth-order valence-electron chi connectivity index (χ4n) is 4.53. The maximum absolute atomic E-state index is 13.2. The number of carbonyl (C=O) groups is 1. The molecule has 0 fully saturated rings. The Kier molecular flexibility index (Phi) is 3.18. The molecule has 0 saturated carbocycles. The van der Waals surface area contributed by atoms with Gasteiger partial charge in [0.2, 0.25) is 5.60 Å². The number of H-pyrrole nitrogens is 1. The summed E-state index contributed by atoms with van der Waals surface area (Å²) in [6.45, 7) is 1.99. The molecular weight excluding hydrogens is 326 g/mol. The predicted octanol–water partition coefficient (Wildman–Crippen LogP) is 2.23. The Bertz CT molecular complexity index is 1000. The Morgan fingerprint density at radius 2 is 1.96 bits per heavy atom. The average Bonchev–Trinajstić information content (AvgIpc) is 3.21. The highest BCUT2D eigenvalue weighted by Gasteiger charge is 2.51. The number of fused-ring (bicyclic) bond motifs is 3. The topological polar surface area (TPSA) is 77.2 Å². The average molecular weight is 347 g/mol. The van der Waals surface area contributed by atoms with Crippen molar-refractivity contribution in [3.8, 4) is 0 Å². The first kappa shape index (κ1) is 15.5. The number of rotatable bonds is 1. The molecule has 1 aromatic heterocycles. The maximum atomic E-state index is 13.2. The van der Waals surface area contributed by atoms with Gasteiger partial charge in [-0.25, -0.2) is 0 Å². The lowest BCUT2D eigenvalue weighted by atomic mass is 9.84. The number of amides is 1. The minimum absolute atomic E-state index is 0.0356. The summed E-state index contributed by atoms with van der Waals surface area (Å²) in [7, 11) is 0.